The number of aliphatic hydroxyl groups is 1. The molecule has 108 valence electrons. The topological polar surface area (TPSA) is 67.2 Å². The molecule has 0 aliphatic rings. The van der Waals surface area contributed by atoms with Crippen molar-refractivity contribution in [3.8, 4) is 12.3 Å². The Labute approximate surface area is 127 Å². The van der Waals surface area contributed by atoms with Crippen molar-refractivity contribution >= 4 is 17.3 Å². The fourth-order valence-corrected chi connectivity index (χ4v) is 1.97. The van der Waals surface area contributed by atoms with Crippen molar-refractivity contribution in [3.05, 3.63) is 57.0 Å². The van der Waals surface area contributed by atoms with Gasteiger partial charge in [0.1, 0.15) is 12.2 Å². The number of hydrogen-bond acceptors (Lipinski definition) is 4. The Balaban J connectivity index is 2.17. The van der Waals surface area contributed by atoms with Crippen LogP contribution in [0.1, 0.15) is 11.1 Å². The number of anilines is 1. The van der Waals surface area contributed by atoms with Crippen molar-refractivity contribution in [1.29, 1.82) is 0 Å². The van der Waals surface area contributed by atoms with E-state index >= 15 is 0 Å². The summed E-state index contributed by atoms with van der Waals surface area (Å²) in [4.78, 5) is 12.1. The van der Waals surface area contributed by atoms with Crippen LogP contribution in [0.25, 0.3) is 0 Å². The molecule has 1 aromatic carbocycles. The lowest BCUT2D eigenvalue weighted by Crippen LogP contribution is -2.25. The van der Waals surface area contributed by atoms with Crippen LogP contribution in [0.3, 0.4) is 0 Å². The van der Waals surface area contributed by atoms with Crippen molar-refractivity contribution in [2.75, 3.05) is 5.32 Å². The third kappa shape index (κ3) is 3.63. The minimum atomic E-state index is -0.354. The van der Waals surface area contributed by atoms with Crippen LogP contribution < -0.4 is 10.9 Å². The Morgan fingerprint density at radius 1 is 1.33 bits per heavy atom. The van der Waals surface area contributed by atoms with E-state index in [9.17, 15) is 4.79 Å². The number of halogens is 1. The van der Waals surface area contributed by atoms with Gasteiger partial charge in [-0.25, -0.2) is 4.68 Å². The molecule has 0 saturated carbocycles. The van der Waals surface area contributed by atoms with Gasteiger partial charge in [-0.3, -0.25) is 4.79 Å². The van der Waals surface area contributed by atoms with E-state index in [-0.39, 0.29) is 29.4 Å². The first kappa shape index (κ1) is 15.1. The first-order valence-electron chi connectivity index (χ1n) is 6.27. The van der Waals surface area contributed by atoms with Gasteiger partial charge in [0.2, 0.25) is 0 Å². The number of terminal acetylenes is 1. The maximum Gasteiger partial charge on any atom is 0.292 e. The van der Waals surface area contributed by atoms with Gasteiger partial charge in [-0.1, -0.05) is 41.8 Å². The Morgan fingerprint density at radius 2 is 2.00 bits per heavy atom. The van der Waals surface area contributed by atoms with Crippen molar-refractivity contribution in [3.63, 3.8) is 0 Å². The van der Waals surface area contributed by atoms with Gasteiger partial charge in [0, 0.05) is 6.54 Å². The molecule has 0 bridgehead atoms. The van der Waals surface area contributed by atoms with Crippen LogP contribution in [0.4, 0.5) is 5.69 Å². The predicted molar refractivity (Wildman–Crippen MR) is 82.0 cm³/mol. The van der Waals surface area contributed by atoms with Crippen LogP contribution in [-0.2, 0) is 19.7 Å². The highest BCUT2D eigenvalue weighted by molar-refractivity contribution is 6.32. The Morgan fingerprint density at radius 3 is 2.62 bits per heavy atom. The van der Waals surface area contributed by atoms with Crippen molar-refractivity contribution in [2.24, 2.45) is 0 Å². The smallest absolute Gasteiger partial charge is 0.292 e. The van der Waals surface area contributed by atoms with Crippen molar-refractivity contribution < 1.29 is 5.11 Å². The Bertz CT molecular complexity index is 717. The summed E-state index contributed by atoms with van der Waals surface area (Å²) in [6, 6.07) is 7.38. The molecule has 0 aliphatic carbocycles. The molecule has 6 heteroatoms. The van der Waals surface area contributed by atoms with Crippen LogP contribution in [0.5, 0.6) is 0 Å². The molecule has 0 atom stereocenters. The number of rotatable bonds is 5. The minimum absolute atomic E-state index is 0.000683. The maximum absolute atomic E-state index is 12.1. The molecule has 0 spiro atoms. The first-order chi connectivity index (χ1) is 10.2. The van der Waals surface area contributed by atoms with Gasteiger partial charge < -0.3 is 10.4 Å². The molecule has 1 aromatic heterocycles. The highest BCUT2D eigenvalue weighted by Gasteiger charge is 2.09. The zero-order valence-corrected chi connectivity index (χ0v) is 12.0. The fourth-order valence-electron chi connectivity index (χ4n) is 1.78. The lowest BCUT2D eigenvalue weighted by Gasteiger charge is -2.09. The van der Waals surface area contributed by atoms with Gasteiger partial charge in [-0.2, -0.15) is 5.10 Å². The van der Waals surface area contributed by atoms with Crippen molar-refractivity contribution in [1.82, 2.24) is 9.78 Å². The molecular formula is C15H14ClN3O2. The van der Waals surface area contributed by atoms with E-state index in [0.717, 1.165) is 11.1 Å². The highest BCUT2D eigenvalue weighted by Crippen LogP contribution is 2.16. The van der Waals surface area contributed by atoms with Crippen LogP contribution in [0, 0.1) is 12.3 Å². The van der Waals surface area contributed by atoms with E-state index in [2.05, 4.69) is 16.3 Å². The molecule has 0 fully saturated rings. The van der Waals surface area contributed by atoms with Crippen LogP contribution in [0.15, 0.2) is 35.3 Å². The van der Waals surface area contributed by atoms with Gasteiger partial charge in [-0.15, -0.1) is 6.42 Å². The summed E-state index contributed by atoms with van der Waals surface area (Å²) in [5, 5.41) is 16.1. The van der Waals surface area contributed by atoms with E-state index in [0.29, 0.717) is 6.54 Å². The Kier molecular flexibility index (Phi) is 4.99. The first-order valence-corrected chi connectivity index (χ1v) is 6.65. The lowest BCUT2D eigenvalue weighted by molar-refractivity contribution is 0.282. The summed E-state index contributed by atoms with van der Waals surface area (Å²) in [6.45, 7) is 0.525. The monoisotopic (exact) mass is 303 g/mol. The number of hydrogen-bond donors (Lipinski definition) is 2. The second-order valence-corrected chi connectivity index (χ2v) is 4.77. The zero-order valence-electron chi connectivity index (χ0n) is 11.2. The molecule has 21 heavy (non-hydrogen) atoms. The third-order valence-electron chi connectivity index (χ3n) is 2.91. The summed E-state index contributed by atoms with van der Waals surface area (Å²) in [5.41, 5.74) is 1.71. The van der Waals surface area contributed by atoms with E-state index in [4.69, 9.17) is 23.1 Å². The fraction of sp³-hybridized carbons (Fsp3) is 0.200. The number of benzene rings is 1. The molecule has 0 saturated heterocycles. The molecule has 1 heterocycles. The summed E-state index contributed by atoms with van der Waals surface area (Å²) < 4.78 is 1.17. The molecular weight excluding hydrogens is 290 g/mol. The predicted octanol–water partition coefficient (Wildman–Crippen LogP) is 1.63. The van der Waals surface area contributed by atoms with Crippen LogP contribution in [0.2, 0.25) is 5.02 Å². The Hall–Kier alpha value is -2.29. The SMILES string of the molecule is C#CCn1ncc(Cl)c(NCc2ccc(CO)cc2)c1=O. The summed E-state index contributed by atoms with van der Waals surface area (Å²) in [7, 11) is 0. The molecule has 0 unspecified atom stereocenters. The van der Waals surface area contributed by atoms with E-state index < -0.39 is 0 Å². The molecule has 2 rings (SSSR count). The number of aromatic nitrogens is 2. The second-order valence-electron chi connectivity index (χ2n) is 4.36. The number of nitrogens with zero attached hydrogens (tertiary/aromatic N) is 2. The average Bonchev–Trinajstić information content (AvgIpc) is 2.51. The van der Waals surface area contributed by atoms with Gasteiger partial charge >= 0.3 is 0 Å². The molecule has 0 radical (unpaired) electrons. The van der Waals surface area contributed by atoms with Crippen LogP contribution in [-0.4, -0.2) is 14.9 Å². The van der Waals surface area contributed by atoms with Crippen LogP contribution >= 0.6 is 11.6 Å². The molecule has 2 aromatic rings. The summed E-state index contributed by atoms with van der Waals surface area (Å²) in [5.74, 6) is 2.36. The third-order valence-corrected chi connectivity index (χ3v) is 3.20. The van der Waals surface area contributed by atoms with Crippen molar-refractivity contribution in [2.45, 2.75) is 19.7 Å². The van der Waals surface area contributed by atoms with E-state index in [1.165, 1.54) is 10.9 Å². The number of aliphatic hydroxyl groups excluding tert-OH is 1. The van der Waals surface area contributed by atoms with E-state index in [1.807, 2.05) is 24.3 Å². The highest BCUT2D eigenvalue weighted by atomic mass is 35.5. The minimum Gasteiger partial charge on any atom is -0.392 e. The lowest BCUT2D eigenvalue weighted by atomic mass is 10.1. The summed E-state index contributed by atoms with van der Waals surface area (Å²) >= 11 is 5.99. The molecule has 0 aliphatic heterocycles. The maximum atomic E-state index is 12.1. The molecule has 0 amide bonds. The normalized spacial score (nSPS) is 10.1. The van der Waals surface area contributed by atoms with Gasteiger partial charge in [-0.05, 0) is 11.1 Å². The van der Waals surface area contributed by atoms with Gasteiger partial charge in [0.15, 0.2) is 0 Å². The standard InChI is InChI=1S/C15H14ClN3O2/c1-2-7-19-15(21)14(13(16)9-18-19)17-8-11-3-5-12(10-20)6-4-11/h1,3-6,9,17,20H,7-8,10H2. The number of nitrogens with one attached hydrogen (secondary N) is 1. The zero-order chi connectivity index (χ0) is 15.2. The van der Waals surface area contributed by atoms with Gasteiger partial charge in [0.25, 0.3) is 5.56 Å². The van der Waals surface area contributed by atoms with Gasteiger partial charge in [0.05, 0.1) is 17.8 Å². The summed E-state index contributed by atoms with van der Waals surface area (Å²) in [6.07, 6.45) is 6.57. The largest absolute Gasteiger partial charge is 0.392 e. The molecule has 5 nitrogen and oxygen atoms in total. The van der Waals surface area contributed by atoms with E-state index in [1.54, 1.807) is 0 Å². The average molecular weight is 304 g/mol. The molecule has 2 N–H and O–H groups in total. The quantitative estimate of drug-likeness (QED) is 0.824. The second kappa shape index (κ2) is 6.93.